The van der Waals surface area contributed by atoms with Gasteiger partial charge in [0.2, 0.25) is 5.91 Å². The first-order chi connectivity index (χ1) is 33.8. The highest BCUT2D eigenvalue weighted by Gasteiger charge is 2.59. The zero-order chi connectivity index (χ0) is 49.5. The number of hydrogen-bond donors (Lipinski definition) is 1. The summed E-state index contributed by atoms with van der Waals surface area (Å²) < 4.78 is 30.3. The fourth-order valence-corrected chi connectivity index (χ4v) is 14.7. The maximum absolute atomic E-state index is 14.0. The van der Waals surface area contributed by atoms with Gasteiger partial charge in [0.15, 0.2) is 0 Å². The van der Waals surface area contributed by atoms with E-state index in [9.17, 15) is 9.59 Å². The van der Waals surface area contributed by atoms with E-state index in [0.29, 0.717) is 38.0 Å². The zero-order valence-corrected chi connectivity index (χ0v) is 44.0. The zero-order valence-electron chi connectivity index (χ0n) is 44.0. The van der Waals surface area contributed by atoms with Crippen LogP contribution in [0, 0.1) is 46.3 Å². The van der Waals surface area contributed by atoms with Crippen LogP contribution in [0.25, 0.3) is 0 Å². The van der Waals surface area contributed by atoms with Gasteiger partial charge in [0.1, 0.15) is 23.2 Å². The number of amides is 2. The molecular formula is C61H86N2O7. The molecule has 0 aromatic heterocycles. The van der Waals surface area contributed by atoms with E-state index in [1.807, 2.05) is 47.4 Å². The average molecular weight is 959 g/mol. The third-order valence-electron chi connectivity index (χ3n) is 18.6. The van der Waals surface area contributed by atoms with Gasteiger partial charge in [-0.15, -0.1) is 0 Å². The molecule has 3 aromatic carbocycles. The molecule has 5 aliphatic rings. The van der Waals surface area contributed by atoms with E-state index in [1.165, 1.54) is 51.4 Å². The molecule has 3 unspecified atom stereocenters. The van der Waals surface area contributed by atoms with Crippen LogP contribution in [0.5, 0.6) is 11.5 Å². The van der Waals surface area contributed by atoms with Crippen LogP contribution in [-0.4, -0.2) is 76.2 Å². The highest BCUT2D eigenvalue weighted by molar-refractivity contribution is 5.77. The van der Waals surface area contributed by atoms with Crippen LogP contribution in [-0.2, 0) is 24.6 Å². The molecule has 70 heavy (non-hydrogen) atoms. The van der Waals surface area contributed by atoms with Crippen molar-refractivity contribution >= 4 is 12.0 Å². The third-order valence-corrected chi connectivity index (χ3v) is 18.6. The maximum Gasteiger partial charge on any atom is 0.407 e. The fourth-order valence-electron chi connectivity index (χ4n) is 14.7. The molecule has 1 aliphatic heterocycles. The summed E-state index contributed by atoms with van der Waals surface area (Å²) >= 11 is 0. The number of likely N-dealkylation sites (tertiary alicyclic amines) is 1. The lowest BCUT2D eigenvalue weighted by Gasteiger charge is -2.58. The highest BCUT2D eigenvalue weighted by Crippen LogP contribution is 2.67. The summed E-state index contributed by atoms with van der Waals surface area (Å²) in [5, 5.41) is 3.04. The summed E-state index contributed by atoms with van der Waals surface area (Å²) in [6.45, 7) is 13.9. The second-order valence-corrected chi connectivity index (χ2v) is 22.9. The van der Waals surface area contributed by atoms with Crippen molar-refractivity contribution in [1.29, 1.82) is 0 Å². The fraction of sp³-hybridized carbons (Fsp3) is 0.639. The number of allylic oxidation sites excluding steroid dienone is 1. The Kier molecular flexibility index (Phi) is 17.1. The Morgan fingerprint density at radius 3 is 2.10 bits per heavy atom. The third kappa shape index (κ3) is 11.0. The summed E-state index contributed by atoms with van der Waals surface area (Å²) in [6, 6.07) is 26.1. The van der Waals surface area contributed by atoms with Crippen LogP contribution in [0.15, 0.2) is 90.5 Å². The maximum atomic E-state index is 14.0. The van der Waals surface area contributed by atoms with Crippen molar-refractivity contribution in [2.24, 2.45) is 46.3 Å². The molecule has 1 heterocycles. The van der Waals surface area contributed by atoms with Crippen LogP contribution < -0.4 is 14.8 Å². The lowest BCUT2D eigenvalue weighted by atomic mass is 9.47. The molecule has 3 saturated carbocycles. The molecular weight excluding hydrogens is 873 g/mol. The van der Waals surface area contributed by atoms with Gasteiger partial charge in [-0.05, 0) is 152 Å². The minimum atomic E-state index is -0.981. The van der Waals surface area contributed by atoms with Crippen molar-refractivity contribution in [1.82, 2.24) is 10.2 Å². The second-order valence-electron chi connectivity index (χ2n) is 22.9. The minimum absolute atomic E-state index is 0.0662. The molecule has 9 heteroatoms. The van der Waals surface area contributed by atoms with Crippen molar-refractivity contribution in [2.75, 3.05) is 41.0 Å². The van der Waals surface area contributed by atoms with Crippen molar-refractivity contribution in [3.63, 3.8) is 0 Å². The number of alkyl carbamates (subject to hydrolysis) is 1. The molecule has 382 valence electrons. The van der Waals surface area contributed by atoms with Crippen LogP contribution in [0.1, 0.15) is 154 Å². The molecule has 4 aliphatic carbocycles. The number of methoxy groups -OCH3 is 3. The molecule has 8 rings (SSSR count). The first-order valence-electron chi connectivity index (χ1n) is 27.3. The number of hydrogen-bond acceptors (Lipinski definition) is 7. The van der Waals surface area contributed by atoms with Gasteiger partial charge in [-0.2, -0.15) is 0 Å². The highest BCUT2D eigenvalue weighted by atomic mass is 16.6. The number of carbonyl (C=O) groups is 2. The first kappa shape index (κ1) is 52.0. The number of unbranched alkanes of at least 4 members (excludes halogenated alkanes) is 2. The quantitative estimate of drug-likeness (QED) is 0.0645. The number of ether oxygens (including phenoxy) is 5. The molecule has 10 atom stereocenters. The Bertz CT molecular complexity index is 2140. The van der Waals surface area contributed by atoms with Gasteiger partial charge in [0.05, 0.1) is 33.0 Å². The minimum Gasteiger partial charge on any atom is -0.497 e. The monoisotopic (exact) mass is 959 g/mol. The van der Waals surface area contributed by atoms with Gasteiger partial charge < -0.3 is 33.9 Å². The number of carbonyl (C=O) groups excluding carboxylic acids is 2. The number of nitrogens with zero attached hydrogens (tertiary/aromatic N) is 1. The van der Waals surface area contributed by atoms with E-state index in [1.54, 1.807) is 26.9 Å². The standard InChI is InChI=1S/C61H86N2O7/c1-42(2)16-15-17-43(3)54-31-32-55-53-30-25-47-38-51(33-35-59(47,4)56(53)34-36-60(54,55)5)70-58(65)62-37-14-10-13-20-57(64)63-40-52(68-8)39-48(63)41-69-61(44-18-11-9-12-19-44,45-21-26-49(66-6)27-22-45)46-23-28-50(67-7)29-24-46/h9,11-12,18-19,21-29,42-43,48,51-56H,10,13-17,20,30-41H2,1-8H3,(H,62,65)/t43-,48+,51+,52-,53?,54-,55?,56?,59+,60-/m1/s1. The average Bonchev–Trinajstić information content (AvgIpc) is 3.97. The second kappa shape index (κ2) is 23.0. The SMILES string of the molecule is COc1ccc(C(OC[C@@H]2C[C@@H](OC)CN2C(=O)CCCCCNC(=O)O[C@H]2CC[C@@]3(C)C(=CCC4C3CC[C@@]3(C)C4CC[C@@H]3[C@H](C)CCCC(C)C)C2)(c2ccccc2)c2ccc(OC)cc2)cc1. The molecule has 0 radical (unpaired) electrons. The number of rotatable bonds is 21. The smallest absolute Gasteiger partial charge is 0.407 e. The van der Waals surface area contributed by atoms with Crippen molar-refractivity contribution in [3.05, 3.63) is 107 Å². The van der Waals surface area contributed by atoms with Gasteiger partial charge in [-0.25, -0.2) is 4.79 Å². The van der Waals surface area contributed by atoms with Gasteiger partial charge in [-0.1, -0.05) is 127 Å². The van der Waals surface area contributed by atoms with E-state index in [-0.39, 0.29) is 35.7 Å². The van der Waals surface area contributed by atoms with E-state index >= 15 is 0 Å². The van der Waals surface area contributed by atoms with Crippen molar-refractivity contribution in [2.45, 2.75) is 161 Å². The molecule has 0 bridgehead atoms. The normalized spacial score (nSPS) is 28.8. The van der Waals surface area contributed by atoms with Gasteiger partial charge in [-0.3, -0.25) is 4.79 Å². The molecule has 0 spiro atoms. The molecule has 1 saturated heterocycles. The first-order valence-corrected chi connectivity index (χ1v) is 27.3. The van der Waals surface area contributed by atoms with Crippen LogP contribution in [0.2, 0.25) is 0 Å². The molecule has 2 amide bonds. The lowest BCUT2D eigenvalue weighted by Crippen LogP contribution is -2.51. The van der Waals surface area contributed by atoms with Crippen LogP contribution >= 0.6 is 0 Å². The van der Waals surface area contributed by atoms with Crippen molar-refractivity contribution in [3.8, 4) is 11.5 Å². The molecule has 3 aromatic rings. The Morgan fingerprint density at radius 1 is 0.757 bits per heavy atom. The summed E-state index contributed by atoms with van der Waals surface area (Å²) in [5.74, 6) is 6.52. The van der Waals surface area contributed by atoms with Gasteiger partial charge >= 0.3 is 6.09 Å². The lowest BCUT2D eigenvalue weighted by molar-refractivity contribution is -0.134. The van der Waals surface area contributed by atoms with Crippen LogP contribution in [0.3, 0.4) is 0 Å². The predicted octanol–water partition coefficient (Wildman–Crippen LogP) is 13.3. The van der Waals surface area contributed by atoms with E-state index in [0.717, 1.165) is 102 Å². The summed E-state index contributed by atoms with van der Waals surface area (Å²) in [4.78, 5) is 29.1. The Labute approximate surface area is 421 Å². The van der Waals surface area contributed by atoms with E-state index in [2.05, 4.69) is 82.4 Å². The van der Waals surface area contributed by atoms with E-state index in [4.69, 9.17) is 23.7 Å². The number of nitrogens with one attached hydrogen (secondary N) is 1. The van der Waals surface area contributed by atoms with Gasteiger partial charge in [0.25, 0.3) is 0 Å². The largest absolute Gasteiger partial charge is 0.497 e. The summed E-state index contributed by atoms with van der Waals surface area (Å²) in [7, 11) is 5.05. The summed E-state index contributed by atoms with van der Waals surface area (Å²) in [5.41, 5.74) is 4.16. The predicted molar refractivity (Wildman–Crippen MR) is 279 cm³/mol. The van der Waals surface area contributed by atoms with Crippen molar-refractivity contribution < 1.29 is 33.3 Å². The Morgan fingerprint density at radius 2 is 1.44 bits per heavy atom. The molecule has 4 fully saturated rings. The van der Waals surface area contributed by atoms with E-state index < -0.39 is 5.60 Å². The van der Waals surface area contributed by atoms with Crippen LogP contribution in [0.4, 0.5) is 4.79 Å². The topological polar surface area (TPSA) is 95.6 Å². The summed E-state index contributed by atoms with van der Waals surface area (Å²) in [6.07, 6.45) is 19.4. The van der Waals surface area contributed by atoms with Gasteiger partial charge in [0, 0.05) is 33.0 Å². The number of benzene rings is 3. The Balaban J connectivity index is 0.809. The molecule has 1 N–H and O–H groups in total. The number of fused-ring (bicyclic) bond motifs is 5. The molecule has 9 nitrogen and oxygen atoms in total. The Hall–Kier alpha value is -4.34.